The third-order valence-corrected chi connectivity index (χ3v) is 3.73. The normalized spacial score (nSPS) is 13.1. The Balaban J connectivity index is 2.57. The summed E-state index contributed by atoms with van der Waals surface area (Å²) >= 11 is 5.28. The minimum absolute atomic E-state index is 0.544. The number of hydrogen-bond donors (Lipinski definition) is 1. The second-order valence-electron chi connectivity index (χ2n) is 3.48. The van der Waals surface area contributed by atoms with E-state index in [-0.39, 0.29) is 0 Å². The van der Waals surface area contributed by atoms with E-state index in [9.17, 15) is 0 Å². The molecular weight excluding hydrogens is 258 g/mol. The Hall–Kier alpha value is 0.140. The minimum atomic E-state index is 0.544. The molecule has 0 aliphatic carbocycles. The van der Waals surface area contributed by atoms with Gasteiger partial charge in [-0.2, -0.15) is 0 Å². The molecule has 0 saturated carbocycles. The summed E-state index contributed by atoms with van der Waals surface area (Å²) in [7, 11) is 0. The molecule has 1 unspecified atom stereocenters. The highest BCUT2D eigenvalue weighted by molar-refractivity contribution is 9.11. The van der Waals surface area contributed by atoms with Gasteiger partial charge < -0.3 is 5.32 Å². The first-order chi connectivity index (χ1) is 6.77. The first kappa shape index (κ1) is 12.2. The van der Waals surface area contributed by atoms with Gasteiger partial charge >= 0.3 is 0 Å². The van der Waals surface area contributed by atoms with Crippen molar-refractivity contribution < 1.29 is 0 Å². The first-order valence-electron chi connectivity index (χ1n) is 5.25. The van der Waals surface area contributed by atoms with Crippen LogP contribution >= 0.6 is 27.3 Å². The van der Waals surface area contributed by atoms with Crippen molar-refractivity contribution in [1.82, 2.24) is 5.32 Å². The molecule has 3 heteroatoms. The molecule has 0 aliphatic rings. The van der Waals surface area contributed by atoms with E-state index in [0.29, 0.717) is 6.04 Å². The number of halogens is 1. The van der Waals surface area contributed by atoms with Crippen molar-refractivity contribution in [2.45, 2.75) is 39.2 Å². The molecule has 1 heterocycles. The molecule has 0 amide bonds. The Bertz CT molecular complexity index is 260. The molecule has 0 radical (unpaired) electrons. The van der Waals surface area contributed by atoms with Crippen molar-refractivity contribution in [3.05, 3.63) is 20.8 Å². The Morgan fingerprint density at radius 3 is 2.71 bits per heavy atom. The molecule has 1 aromatic heterocycles. The van der Waals surface area contributed by atoms with Gasteiger partial charge in [-0.1, -0.05) is 20.3 Å². The van der Waals surface area contributed by atoms with Crippen molar-refractivity contribution in [3.63, 3.8) is 0 Å². The van der Waals surface area contributed by atoms with E-state index >= 15 is 0 Å². The van der Waals surface area contributed by atoms with Crippen LogP contribution in [0.4, 0.5) is 0 Å². The predicted octanol–water partition coefficient (Wildman–Crippen LogP) is 4.35. The lowest BCUT2D eigenvalue weighted by Crippen LogP contribution is -2.21. The van der Waals surface area contributed by atoms with E-state index in [0.717, 1.165) is 6.54 Å². The zero-order chi connectivity index (χ0) is 10.4. The highest BCUT2D eigenvalue weighted by Crippen LogP contribution is 2.27. The quantitative estimate of drug-likeness (QED) is 0.814. The van der Waals surface area contributed by atoms with Gasteiger partial charge in [-0.25, -0.2) is 0 Å². The molecule has 1 rings (SSSR count). The zero-order valence-corrected chi connectivity index (χ0v) is 11.2. The Morgan fingerprint density at radius 2 is 2.21 bits per heavy atom. The molecule has 0 saturated heterocycles. The number of hydrogen-bond acceptors (Lipinski definition) is 2. The standard InChI is InChI=1S/C11H18BrNS/c1-3-5-10(13-6-4-2)9-7-11(12)14-8-9/h7-8,10,13H,3-6H2,1-2H3. The van der Waals surface area contributed by atoms with Gasteiger partial charge in [0.2, 0.25) is 0 Å². The van der Waals surface area contributed by atoms with E-state index in [1.807, 2.05) is 0 Å². The Morgan fingerprint density at radius 1 is 1.43 bits per heavy atom. The highest BCUT2D eigenvalue weighted by atomic mass is 79.9. The topological polar surface area (TPSA) is 12.0 Å². The largest absolute Gasteiger partial charge is 0.310 e. The molecule has 1 nitrogen and oxygen atoms in total. The molecule has 0 aliphatic heterocycles. The van der Waals surface area contributed by atoms with Crippen LogP contribution in [0, 0.1) is 0 Å². The van der Waals surface area contributed by atoms with Crippen LogP contribution in [-0.4, -0.2) is 6.54 Å². The molecule has 0 fully saturated rings. The maximum Gasteiger partial charge on any atom is 0.0701 e. The second kappa shape index (κ2) is 6.59. The fourth-order valence-corrected chi connectivity index (χ4v) is 2.73. The summed E-state index contributed by atoms with van der Waals surface area (Å²) in [5.74, 6) is 0. The fraction of sp³-hybridized carbons (Fsp3) is 0.636. The van der Waals surface area contributed by atoms with Gasteiger partial charge in [0.05, 0.1) is 3.79 Å². The predicted molar refractivity (Wildman–Crippen MR) is 68.0 cm³/mol. The van der Waals surface area contributed by atoms with Gasteiger partial charge in [-0.3, -0.25) is 0 Å². The van der Waals surface area contributed by atoms with E-state index < -0.39 is 0 Å². The van der Waals surface area contributed by atoms with E-state index in [4.69, 9.17) is 0 Å². The number of thiophene rings is 1. The third kappa shape index (κ3) is 3.71. The summed E-state index contributed by atoms with van der Waals surface area (Å²) < 4.78 is 1.23. The van der Waals surface area contributed by atoms with E-state index in [2.05, 4.69) is 46.5 Å². The van der Waals surface area contributed by atoms with Crippen LogP contribution in [0.1, 0.15) is 44.7 Å². The van der Waals surface area contributed by atoms with Crippen LogP contribution in [0.15, 0.2) is 15.2 Å². The maximum atomic E-state index is 3.59. The lowest BCUT2D eigenvalue weighted by Gasteiger charge is -2.16. The molecule has 14 heavy (non-hydrogen) atoms. The molecule has 1 N–H and O–H groups in total. The summed E-state index contributed by atoms with van der Waals surface area (Å²) in [5.41, 5.74) is 1.43. The fourth-order valence-electron chi connectivity index (χ4n) is 1.50. The van der Waals surface area contributed by atoms with Crippen LogP contribution in [0.5, 0.6) is 0 Å². The zero-order valence-electron chi connectivity index (χ0n) is 8.85. The van der Waals surface area contributed by atoms with Crippen LogP contribution in [0.25, 0.3) is 0 Å². The summed E-state index contributed by atoms with van der Waals surface area (Å²) in [6.07, 6.45) is 3.66. The Kier molecular flexibility index (Phi) is 5.75. The smallest absolute Gasteiger partial charge is 0.0701 e. The van der Waals surface area contributed by atoms with Gasteiger partial charge in [0, 0.05) is 6.04 Å². The average Bonchev–Trinajstić information content (AvgIpc) is 2.59. The summed E-state index contributed by atoms with van der Waals surface area (Å²) in [6, 6.07) is 2.77. The third-order valence-electron chi connectivity index (χ3n) is 2.21. The summed E-state index contributed by atoms with van der Waals surface area (Å²) in [5, 5.41) is 5.83. The van der Waals surface area contributed by atoms with Crippen LogP contribution in [0.3, 0.4) is 0 Å². The van der Waals surface area contributed by atoms with Gasteiger partial charge in [-0.05, 0) is 52.3 Å². The van der Waals surface area contributed by atoms with Gasteiger partial charge in [-0.15, -0.1) is 11.3 Å². The first-order valence-corrected chi connectivity index (χ1v) is 6.92. The van der Waals surface area contributed by atoms with Gasteiger partial charge in [0.25, 0.3) is 0 Å². The van der Waals surface area contributed by atoms with Gasteiger partial charge in [0.1, 0.15) is 0 Å². The van der Waals surface area contributed by atoms with Crippen molar-refractivity contribution >= 4 is 27.3 Å². The average molecular weight is 276 g/mol. The minimum Gasteiger partial charge on any atom is -0.310 e. The SMILES string of the molecule is CCCNC(CCC)c1csc(Br)c1. The van der Waals surface area contributed by atoms with Crippen molar-refractivity contribution in [2.24, 2.45) is 0 Å². The lowest BCUT2D eigenvalue weighted by molar-refractivity contribution is 0.495. The highest BCUT2D eigenvalue weighted by Gasteiger charge is 2.10. The molecule has 0 aromatic carbocycles. The lowest BCUT2D eigenvalue weighted by atomic mass is 10.1. The van der Waals surface area contributed by atoms with Crippen LogP contribution in [-0.2, 0) is 0 Å². The molecule has 1 aromatic rings. The second-order valence-corrected chi connectivity index (χ2v) is 5.77. The molecule has 80 valence electrons. The van der Waals surface area contributed by atoms with Crippen LogP contribution in [0.2, 0.25) is 0 Å². The molecule has 1 atom stereocenters. The van der Waals surface area contributed by atoms with E-state index in [1.165, 1.54) is 28.6 Å². The Labute approximate surface area is 99.0 Å². The molecular formula is C11H18BrNS. The van der Waals surface area contributed by atoms with Crippen LogP contribution < -0.4 is 5.32 Å². The monoisotopic (exact) mass is 275 g/mol. The van der Waals surface area contributed by atoms with Crippen molar-refractivity contribution in [3.8, 4) is 0 Å². The summed E-state index contributed by atoms with van der Waals surface area (Å²) in [4.78, 5) is 0. The van der Waals surface area contributed by atoms with Crippen molar-refractivity contribution in [2.75, 3.05) is 6.54 Å². The van der Waals surface area contributed by atoms with Crippen molar-refractivity contribution in [1.29, 1.82) is 0 Å². The number of nitrogens with one attached hydrogen (secondary N) is 1. The molecule has 0 bridgehead atoms. The maximum absolute atomic E-state index is 3.59. The van der Waals surface area contributed by atoms with Gasteiger partial charge in [0.15, 0.2) is 0 Å². The number of rotatable bonds is 6. The molecule has 0 spiro atoms. The van der Waals surface area contributed by atoms with E-state index in [1.54, 1.807) is 11.3 Å². The summed E-state index contributed by atoms with van der Waals surface area (Å²) in [6.45, 7) is 5.56.